The van der Waals surface area contributed by atoms with Gasteiger partial charge in [-0.3, -0.25) is 9.69 Å². The molecular weight excluding hydrogens is 232 g/mol. The van der Waals surface area contributed by atoms with Crippen LogP contribution in [0.4, 0.5) is 5.13 Å². The third-order valence-corrected chi connectivity index (χ3v) is 3.78. The molecule has 1 aromatic rings. The van der Waals surface area contributed by atoms with Crippen LogP contribution in [-0.4, -0.2) is 16.9 Å². The molecule has 0 fully saturated rings. The number of nitrogens with zero attached hydrogens (tertiary/aromatic N) is 2. The van der Waals surface area contributed by atoms with Gasteiger partial charge >= 0.3 is 0 Å². The summed E-state index contributed by atoms with van der Waals surface area (Å²) in [4.78, 5) is 18.0. The van der Waals surface area contributed by atoms with E-state index in [0.29, 0.717) is 0 Å². The zero-order valence-electron chi connectivity index (χ0n) is 11.2. The van der Waals surface area contributed by atoms with Gasteiger partial charge in [-0.2, -0.15) is 0 Å². The number of rotatable bonds is 6. The van der Waals surface area contributed by atoms with Crippen molar-refractivity contribution in [1.29, 1.82) is 0 Å². The van der Waals surface area contributed by atoms with Gasteiger partial charge in [0, 0.05) is 18.3 Å². The van der Waals surface area contributed by atoms with Gasteiger partial charge in [0.15, 0.2) is 5.13 Å². The minimum Gasteiger partial charge on any atom is -0.286 e. The zero-order chi connectivity index (χ0) is 12.8. The fraction of sp³-hybridized carbons (Fsp3) is 0.692. The minimum atomic E-state index is 0.0864. The minimum absolute atomic E-state index is 0.0864. The van der Waals surface area contributed by atoms with E-state index < -0.39 is 0 Å². The molecule has 0 N–H and O–H groups in total. The predicted molar refractivity (Wildman–Crippen MR) is 73.6 cm³/mol. The van der Waals surface area contributed by atoms with Crippen LogP contribution in [0.1, 0.15) is 52.1 Å². The number of carbonyl (C=O) groups is 1. The van der Waals surface area contributed by atoms with Gasteiger partial charge in [0.25, 0.3) is 0 Å². The molecule has 0 spiro atoms. The summed E-state index contributed by atoms with van der Waals surface area (Å²) in [5.41, 5.74) is 0.983. The second-order valence-electron chi connectivity index (χ2n) is 4.51. The fourth-order valence-corrected chi connectivity index (χ4v) is 2.85. The van der Waals surface area contributed by atoms with Crippen molar-refractivity contribution in [1.82, 2.24) is 4.98 Å². The highest BCUT2D eigenvalue weighted by molar-refractivity contribution is 7.14. The molecule has 0 radical (unpaired) electrons. The molecule has 1 heterocycles. The van der Waals surface area contributed by atoms with E-state index >= 15 is 0 Å². The average Bonchev–Trinajstić information content (AvgIpc) is 2.65. The highest BCUT2D eigenvalue weighted by Crippen LogP contribution is 2.24. The van der Waals surface area contributed by atoms with Gasteiger partial charge in [0.05, 0.1) is 5.69 Å². The number of hydrogen-bond acceptors (Lipinski definition) is 3. The molecule has 1 amide bonds. The van der Waals surface area contributed by atoms with Gasteiger partial charge in [-0.1, -0.05) is 26.2 Å². The van der Waals surface area contributed by atoms with Crippen molar-refractivity contribution in [2.45, 2.75) is 59.4 Å². The Bertz CT molecular complexity index is 362. The van der Waals surface area contributed by atoms with Gasteiger partial charge in [0.1, 0.15) is 0 Å². The predicted octanol–water partition coefficient (Wildman–Crippen LogP) is 3.77. The van der Waals surface area contributed by atoms with E-state index in [-0.39, 0.29) is 11.9 Å². The Morgan fingerprint density at radius 3 is 2.71 bits per heavy atom. The summed E-state index contributed by atoms with van der Waals surface area (Å²) in [5.74, 6) is 0.0864. The van der Waals surface area contributed by atoms with Gasteiger partial charge in [-0.25, -0.2) is 4.98 Å². The number of hydrogen-bond donors (Lipinski definition) is 0. The number of amides is 1. The molecule has 17 heavy (non-hydrogen) atoms. The molecule has 3 nitrogen and oxygen atoms in total. The van der Waals surface area contributed by atoms with Crippen LogP contribution in [0.25, 0.3) is 0 Å². The molecule has 1 rings (SSSR count). The molecule has 0 saturated heterocycles. The van der Waals surface area contributed by atoms with E-state index in [9.17, 15) is 4.79 Å². The molecule has 4 heteroatoms. The first-order chi connectivity index (χ1) is 8.06. The second-order valence-corrected chi connectivity index (χ2v) is 5.34. The van der Waals surface area contributed by atoms with E-state index in [1.54, 1.807) is 18.3 Å². The summed E-state index contributed by atoms with van der Waals surface area (Å²) < 4.78 is 0. The van der Waals surface area contributed by atoms with Crippen LogP contribution in [0.2, 0.25) is 0 Å². The van der Waals surface area contributed by atoms with Crippen LogP contribution >= 0.6 is 11.3 Å². The number of unbranched alkanes of at least 4 members (excludes halogenated alkanes) is 2. The lowest BCUT2D eigenvalue weighted by atomic mass is 10.1. The maximum atomic E-state index is 11.7. The number of aryl methyl sites for hydroxylation is 1. The number of thiazole rings is 1. The SMILES string of the molecule is CCCCCC(C)N(C(C)=O)c1nc(C)cs1. The van der Waals surface area contributed by atoms with Crippen molar-refractivity contribution in [3.05, 3.63) is 11.1 Å². The third-order valence-electron chi connectivity index (χ3n) is 2.82. The van der Waals surface area contributed by atoms with E-state index in [1.165, 1.54) is 19.3 Å². The van der Waals surface area contributed by atoms with Crippen molar-refractivity contribution in [2.24, 2.45) is 0 Å². The highest BCUT2D eigenvalue weighted by atomic mass is 32.1. The van der Waals surface area contributed by atoms with Crippen LogP contribution < -0.4 is 4.90 Å². The van der Waals surface area contributed by atoms with Gasteiger partial charge in [-0.15, -0.1) is 11.3 Å². The monoisotopic (exact) mass is 254 g/mol. The van der Waals surface area contributed by atoms with E-state index in [4.69, 9.17) is 0 Å². The van der Waals surface area contributed by atoms with Gasteiger partial charge in [-0.05, 0) is 20.3 Å². The molecule has 0 aliphatic heterocycles. The Hall–Kier alpha value is -0.900. The van der Waals surface area contributed by atoms with Crippen LogP contribution in [0.15, 0.2) is 5.38 Å². The smallest absolute Gasteiger partial charge is 0.225 e. The summed E-state index contributed by atoms with van der Waals surface area (Å²) in [6, 6.07) is 0.240. The average molecular weight is 254 g/mol. The lowest BCUT2D eigenvalue weighted by Gasteiger charge is -2.25. The molecule has 0 saturated carbocycles. The topological polar surface area (TPSA) is 33.2 Å². The van der Waals surface area contributed by atoms with Crippen molar-refractivity contribution in [2.75, 3.05) is 4.90 Å². The van der Waals surface area contributed by atoms with Crippen molar-refractivity contribution < 1.29 is 4.79 Å². The Balaban J connectivity index is 2.69. The Morgan fingerprint density at radius 1 is 1.53 bits per heavy atom. The van der Waals surface area contributed by atoms with Crippen molar-refractivity contribution in [3.63, 3.8) is 0 Å². The summed E-state index contributed by atoms with van der Waals surface area (Å²) in [5, 5.41) is 2.82. The summed E-state index contributed by atoms with van der Waals surface area (Å²) in [6.07, 6.45) is 4.66. The maximum absolute atomic E-state index is 11.7. The van der Waals surface area contributed by atoms with Crippen LogP contribution in [0.3, 0.4) is 0 Å². The van der Waals surface area contributed by atoms with Crippen molar-refractivity contribution in [3.8, 4) is 0 Å². The Labute approximate surface area is 108 Å². The molecule has 1 aromatic heterocycles. The normalized spacial score (nSPS) is 12.5. The molecule has 1 atom stereocenters. The molecule has 0 bridgehead atoms. The van der Waals surface area contributed by atoms with Crippen LogP contribution in [0.5, 0.6) is 0 Å². The highest BCUT2D eigenvalue weighted by Gasteiger charge is 2.20. The third kappa shape index (κ3) is 4.11. The number of aromatic nitrogens is 1. The lowest BCUT2D eigenvalue weighted by molar-refractivity contribution is -0.117. The second kappa shape index (κ2) is 6.74. The van der Waals surface area contributed by atoms with E-state index in [1.807, 2.05) is 17.2 Å². The molecule has 96 valence electrons. The largest absolute Gasteiger partial charge is 0.286 e. The first-order valence-electron chi connectivity index (χ1n) is 6.28. The van der Waals surface area contributed by atoms with Crippen LogP contribution in [0, 0.1) is 6.92 Å². The molecule has 0 aliphatic rings. The van der Waals surface area contributed by atoms with Gasteiger partial charge in [0.2, 0.25) is 5.91 Å². The summed E-state index contributed by atoms with van der Waals surface area (Å²) >= 11 is 1.55. The first-order valence-corrected chi connectivity index (χ1v) is 7.16. The number of anilines is 1. The zero-order valence-corrected chi connectivity index (χ0v) is 12.0. The Kier molecular flexibility index (Phi) is 5.62. The molecule has 0 aromatic carbocycles. The first kappa shape index (κ1) is 14.2. The summed E-state index contributed by atoms with van der Waals surface area (Å²) in [6.45, 7) is 7.87. The number of carbonyl (C=O) groups excluding carboxylic acids is 1. The van der Waals surface area contributed by atoms with E-state index in [0.717, 1.165) is 17.2 Å². The molecule has 1 unspecified atom stereocenters. The standard InChI is InChI=1S/C13H22N2OS/c1-5-6-7-8-11(3)15(12(4)16)13-14-10(2)9-17-13/h9,11H,5-8H2,1-4H3. The fourth-order valence-electron chi connectivity index (χ4n) is 1.90. The Morgan fingerprint density at radius 2 is 2.24 bits per heavy atom. The lowest BCUT2D eigenvalue weighted by Crippen LogP contribution is -2.37. The summed E-state index contributed by atoms with van der Waals surface area (Å²) in [7, 11) is 0. The van der Waals surface area contributed by atoms with E-state index in [2.05, 4.69) is 18.8 Å². The van der Waals surface area contributed by atoms with Crippen LogP contribution in [-0.2, 0) is 4.79 Å². The van der Waals surface area contributed by atoms with Gasteiger partial charge < -0.3 is 0 Å². The molecule has 0 aliphatic carbocycles. The van der Waals surface area contributed by atoms with Crippen molar-refractivity contribution >= 4 is 22.4 Å². The molecular formula is C13H22N2OS. The maximum Gasteiger partial charge on any atom is 0.225 e. The quantitative estimate of drug-likeness (QED) is 0.724.